The van der Waals surface area contributed by atoms with Crippen molar-refractivity contribution in [3.8, 4) is 0 Å². The van der Waals surface area contributed by atoms with E-state index in [2.05, 4.69) is 36.2 Å². The zero-order valence-corrected chi connectivity index (χ0v) is 20.0. The molecule has 0 aliphatic rings. The predicted molar refractivity (Wildman–Crippen MR) is 131 cm³/mol. The lowest BCUT2D eigenvalue weighted by atomic mass is 9.90. The third-order valence-corrected chi connectivity index (χ3v) is 6.56. The van der Waals surface area contributed by atoms with Gasteiger partial charge in [0, 0.05) is 11.3 Å². The van der Waals surface area contributed by atoms with Crippen molar-refractivity contribution in [1.29, 1.82) is 0 Å². The molecule has 0 fully saturated rings. The minimum absolute atomic E-state index is 0.913. The van der Waals surface area contributed by atoms with Crippen molar-refractivity contribution in [2.75, 3.05) is 5.73 Å². The van der Waals surface area contributed by atoms with E-state index in [4.69, 9.17) is 5.73 Å². The molecule has 0 aliphatic heterocycles. The Morgan fingerprint density at radius 1 is 0.633 bits per heavy atom. The topological polar surface area (TPSA) is 67.6 Å². The van der Waals surface area contributed by atoms with Crippen molar-refractivity contribution < 1.29 is 0 Å². The van der Waals surface area contributed by atoms with Crippen molar-refractivity contribution in [2.24, 2.45) is 0 Å². The highest BCUT2D eigenvalue weighted by molar-refractivity contribution is 5.88. The van der Waals surface area contributed by atoms with Crippen LogP contribution in [-0.4, -0.2) is 15.4 Å². The van der Waals surface area contributed by atoms with Gasteiger partial charge < -0.3 is 5.73 Å². The molecule has 2 rings (SSSR count). The second-order valence-electron chi connectivity index (χ2n) is 8.98. The fourth-order valence-corrected chi connectivity index (χ4v) is 4.71. The Balaban J connectivity index is 2.02. The van der Waals surface area contributed by atoms with Crippen LogP contribution in [0, 0.1) is 0 Å². The van der Waals surface area contributed by atoms with Gasteiger partial charge in [-0.3, -0.25) is 5.10 Å². The van der Waals surface area contributed by atoms with Crippen LogP contribution in [0.4, 0.5) is 5.69 Å². The number of aromatic amines is 1. The Kier molecular flexibility index (Phi) is 11.9. The third-order valence-electron chi connectivity index (χ3n) is 6.56. The Hall–Kier alpha value is -1.58. The number of anilines is 1. The van der Waals surface area contributed by atoms with E-state index < -0.39 is 0 Å². The second-order valence-corrected chi connectivity index (χ2v) is 8.98. The molecule has 2 aromatic rings. The van der Waals surface area contributed by atoms with Gasteiger partial charge in [0.2, 0.25) is 0 Å². The summed E-state index contributed by atoms with van der Waals surface area (Å²) < 4.78 is 0. The Morgan fingerprint density at radius 3 is 1.67 bits per heavy atom. The number of nitrogens with two attached hydrogens (primary N) is 1. The lowest BCUT2D eigenvalue weighted by Crippen LogP contribution is -2.07. The smallest absolute Gasteiger partial charge is 0.118 e. The van der Waals surface area contributed by atoms with Gasteiger partial charge in [-0.2, -0.15) is 0 Å². The maximum atomic E-state index is 6.70. The number of nitrogen functional groups attached to an aromatic ring is 1. The molecular weight excluding hydrogens is 368 g/mol. The average molecular weight is 415 g/mol. The van der Waals surface area contributed by atoms with E-state index in [9.17, 15) is 0 Å². The van der Waals surface area contributed by atoms with E-state index in [1.165, 1.54) is 107 Å². The number of nitrogens with zero attached hydrogens (tertiary/aromatic N) is 2. The van der Waals surface area contributed by atoms with E-state index in [1.54, 1.807) is 0 Å². The quantitative estimate of drug-likeness (QED) is 0.206. The number of rotatable bonds is 17. The molecule has 0 spiro atoms. The molecule has 0 amide bonds. The van der Waals surface area contributed by atoms with Gasteiger partial charge in [0.25, 0.3) is 0 Å². The summed E-state index contributed by atoms with van der Waals surface area (Å²) in [4.78, 5) is 0. The van der Waals surface area contributed by atoms with Crippen LogP contribution in [0.2, 0.25) is 0 Å². The van der Waals surface area contributed by atoms with Crippen molar-refractivity contribution in [3.05, 3.63) is 16.7 Å². The molecule has 0 bridgehead atoms. The fourth-order valence-electron chi connectivity index (χ4n) is 4.71. The highest BCUT2D eigenvalue weighted by Crippen LogP contribution is 2.33. The van der Waals surface area contributed by atoms with E-state index >= 15 is 0 Å². The first-order valence-electron chi connectivity index (χ1n) is 12.9. The summed E-state index contributed by atoms with van der Waals surface area (Å²) in [5.74, 6) is 0. The molecular formula is C26H46N4. The monoisotopic (exact) mass is 414 g/mol. The van der Waals surface area contributed by atoms with Crippen molar-refractivity contribution in [2.45, 2.75) is 130 Å². The second kappa shape index (κ2) is 14.4. The molecule has 1 aromatic heterocycles. The first-order chi connectivity index (χ1) is 14.7. The summed E-state index contributed by atoms with van der Waals surface area (Å²) in [6.07, 6.45) is 21.8. The molecule has 1 heterocycles. The van der Waals surface area contributed by atoms with Crippen molar-refractivity contribution >= 4 is 16.7 Å². The number of aromatic nitrogens is 3. The molecule has 4 nitrogen and oxygen atoms in total. The fraction of sp³-hybridized carbons (Fsp3) is 0.769. The summed E-state index contributed by atoms with van der Waals surface area (Å²) in [6, 6.07) is 0. The Labute approximate surface area is 184 Å². The van der Waals surface area contributed by atoms with Crippen molar-refractivity contribution in [3.63, 3.8) is 0 Å². The molecule has 0 atom stereocenters. The molecule has 1 aromatic carbocycles. The Morgan fingerprint density at radius 2 is 1.13 bits per heavy atom. The number of nitrogens with one attached hydrogen (secondary N) is 1. The van der Waals surface area contributed by atoms with Crippen LogP contribution in [-0.2, 0) is 19.3 Å². The van der Waals surface area contributed by atoms with Gasteiger partial charge in [-0.05, 0) is 43.2 Å². The number of benzene rings is 1. The van der Waals surface area contributed by atoms with Crippen LogP contribution in [0.25, 0.3) is 11.0 Å². The minimum Gasteiger partial charge on any atom is -0.398 e. The van der Waals surface area contributed by atoms with Gasteiger partial charge in [0.1, 0.15) is 5.52 Å². The van der Waals surface area contributed by atoms with Gasteiger partial charge in [-0.25, -0.2) is 0 Å². The summed E-state index contributed by atoms with van der Waals surface area (Å²) in [5.41, 5.74) is 13.8. The molecule has 0 radical (unpaired) electrons. The van der Waals surface area contributed by atoms with E-state index in [0.29, 0.717) is 0 Å². The number of fused-ring (bicyclic) bond motifs is 1. The van der Waals surface area contributed by atoms with Gasteiger partial charge >= 0.3 is 0 Å². The largest absolute Gasteiger partial charge is 0.398 e. The normalized spacial score (nSPS) is 11.6. The van der Waals surface area contributed by atoms with Gasteiger partial charge in [0.05, 0.1) is 5.52 Å². The van der Waals surface area contributed by atoms with Crippen LogP contribution >= 0.6 is 0 Å². The van der Waals surface area contributed by atoms with Gasteiger partial charge in [0.15, 0.2) is 0 Å². The maximum absolute atomic E-state index is 6.70. The zero-order chi connectivity index (χ0) is 21.6. The molecule has 4 heteroatoms. The van der Waals surface area contributed by atoms with Crippen LogP contribution in [0.1, 0.15) is 127 Å². The molecule has 0 aliphatic carbocycles. The molecule has 30 heavy (non-hydrogen) atoms. The van der Waals surface area contributed by atoms with Crippen molar-refractivity contribution in [1.82, 2.24) is 15.4 Å². The standard InChI is InChI=1S/C26H46N4/c1-4-7-9-11-13-15-17-19-22-23(20-18-16-14-12-10-8-5-2)26-25(28-30-29-26)21(6-3)24(22)27/h4-20,27H2,1-3H3,(H,28,29,30). The number of H-pyrrole nitrogens is 1. The van der Waals surface area contributed by atoms with E-state index in [0.717, 1.165) is 36.0 Å². The Bertz CT molecular complexity index is 719. The van der Waals surface area contributed by atoms with Gasteiger partial charge in [-0.1, -0.05) is 103 Å². The lowest BCUT2D eigenvalue weighted by Gasteiger charge is -2.17. The molecule has 0 unspecified atom stereocenters. The molecule has 0 saturated carbocycles. The number of aryl methyl sites for hydroxylation is 2. The minimum atomic E-state index is 0.913. The van der Waals surface area contributed by atoms with Crippen LogP contribution in [0.3, 0.4) is 0 Å². The third kappa shape index (κ3) is 7.28. The number of hydrogen-bond donors (Lipinski definition) is 2. The molecule has 170 valence electrons. The van der Waals surface area contributed by atoms with E-state index in [1.807, 2.05) is 0 Å². The summed E-state index contributed by atoms with van der Waals surface area (Å²) in [5, 5.41) is 11.7. The summed E-state index contributed by atoms with van der Waals surface area (Å²) >= 11 is 0. The first kappa shape index (κ1) is 24.7. The summed E-state index contributed by atoms with van der Waals surface area (Å²) in [6.45, 7) is 6.73. The van der Waals surface area contributed by atoms with Crippen LogP contribution in [0.5, 0.6) is 0 Å². The average Bonchev–Trinajstić information content (AvgIpc) is 3.23. The SMILES string of the molecule is CCCCCCCCCc1c(N)c(CC)c2nn[nH]c2c1CCCCCCCCC. The lowest BCUT2D eigenvalue weighted by molar-refractivity contribution is 0.583. The maximum Gasteiger partial charge on any atom is 0.118 e. The van der Waals surface area contributed by atoms with Crippen LogP contribution < -0.4 is 5.73 Å². The summed E-state index contributed by atoms with van der Waals surface area (Å²) in [7, 11) is 0. The number of unbranched alkanes of at least 4 members (excludes halogenated alkanes) is 12. The number of hydrogen-bond acceptors (Lipinski definition) is 3. The van der Waals surface area contributed by atoms with Gasteiger partial charge in [-0.15, -0.1) is 5.10 Å². The molecule has 3 N–H and O–H groups in total. The zero-order valence-electron chi connectivity index (χ0n) is 20.0. The molecule has 0 saturated heterocycles. The predicted octanol–water partition coefficient (Wildman–Crippen LogP) is 7.69. The highest BCUT2D eigenvalue weighted by atomic mass is 15.3. The first-order valence-corrected chi connectivity index (χ1v) is 12.9. The van der Waals surface area contributed by atoms with Crippen LogP contribution in [0.15, 0.2) is 0 Å². The highest BCUT2D eigenvalue weighted by Gasteiger charge is 2.18. The van der Waals surface area contributed by atoms with E-state index in [-0.39, 0.29) is 0 Å².